The van der Waals surface area contributed by atoms with E-state index in [0.29, 0.717) is 23.2 Å². The summed E-state index contributed by atoms with van der Waals surface area (Å²) >= 11 is 0. The number of carbonyl (C=O) groups excluding carboxylic acids is 1. The monoisotopic (exact) mass is 381 g/mol. The van der Waals surface area contributed by atoms with Crippen LogP contribution in [0.25, 0.3) is 11.4 Å². The third-order valence-corrected chi connectivity index (χ3v) is 4.44. The van der Waals surface area contributed by atoms with Gasteiger partial charge in [0.1, 0.15) is 11.5 Å². The fraction of sp³-hybridized carbons (Fsp3) is 0.286. The zero-order chi connectivity index (χ0) is 20.1. The number of rotatable bonds is 7. The molecule has 1 amide bonds. The van der Waals surface area contributed by atoms with Gasteiger partial charge in [-0.15, -0.1) is 0 Å². The number of hydrogen-bond acceptors (Lipinski definition) is 6. The predicted molar refractivity (Wildman–Crippen MR) is 104 cm³/mol. The van der Waals surface area contributed by atoms with Crippen LogP contribution in [0.4, 0.5) is 0 Å². The van der Waals surface area contributed by atoms with Crippen LogP contribution in [0.1, 0.15) is 23.9 Å². The number of aryl methyl sites for hydroxylation is 1. The normalized spacial score (nSPS) is 11.7. The summed E-state index contributed by atoms with van der Waals surface area (Å²) in [5.41, 5.74) is 2.90. The van der Waals surface area contributed by atoms with Crippen LogP contribution in [0.5, 0.6) is 11.5 Å². The van der Waals surface area contributed by atoms with Crippen LogP contribution in [0, 0.1) is 13.8 Å². The average molecular weight is 381 g/mol. The molecular weight excluding hydrogens is 358 g/mol. The van der Waals surface area contributed by atoms with Crippen LogP contribution in [0.15, 0.2) is 47.0 Å². The molecule has 0 fully saturated rings. The maximum atomic E-state index is 12.3. The number of methoxy groups -OCH3 is 1. The molecule has 7 nitrogen and oxygen atoms in total. The third-order valence-electron chi connectivity index (χ3n) is 4.44. The van der Waals surface area contributed by atoms with Gasteiger partial charge < -0.3 is 19.3 Å². The Balaban J connectivity index is 1.58. The van der Waals surface area contributed by atoms with E-state index in [0.717, 1.165) is 16.7 Å². The largest absolute Gasteiger partial charge is 0.497 e. The third kappa shape index (κ3) is 4.49. The van der Waals surface area contributed by atoms with Crippen molar-refractivity contribution in [1.82, 2.24) is 15.5 Å². The molecule has 0 saturated carbocycles. The second kappa shape index (κ2) is 8.56. The minimum absolute atomic E-state index is 0.121. The topological polar surface area (TPSA) is 86.5 Å². The Morgan fingerprint density at radius 1 is 1.21 bits per heavy atom. The molecule has 7 heteroatoms. The number of aromatic nitrogens is 2. The van der Waals surface area contributed by atoms with Gasteiger partial charge in [0.05, 0.1) is 13.7 Å². The first kappa shape index (κ1) is 19.4. The number of benzene rings is 2. The molecule has 146 valence electrons. The molecular formula is C21H23N3O4. The molecule has 0 radical (unpaired) electrons. The standard InChI is InChI=1S/C21H23N3O4/c1-13-7-5-10-18(14(13)2)27-15(3)21(25)22-12-19-23-20(24-28-19)16-8-6-9-17(11-16)26-4/h5-11,15H,12H2,1-4H3,(H,22,25). The molecule has 3 rings (SSSR count). The van der Waals surface area contributed by atoms with Gasteiger partial charge in [0.25, 0.3) is 5.91 Å². The molecule has 0 aliphatic carbocycles. The molecule has 0 bridgehead atoms. The van der Waals surface area contributed by atoms with Gasteiger partial charge in [-0.05, 0) is 50.1 Å². The molecule has 1 heterocycles. The SMILES string of the molecule is COc1cccc(-c2noc(CNC(=O)C(C)Oc3cccc(C)c3C)n2)c1. The van der Waals surface area contributed by atoms with Crippen LogP contribution in [-0.2, 0) is 11.3 Å². The van der Waals surface area contributed by atoms with E-state index < -0.39 is 6.10 Å². The first-order valence-corrected chi connectivity index (χ1v) is 8.95. The first-order valence-electron chi connectivity index (χ1n) is 8.95. The van der Waals surface area contributed by atoms with Gasteiger partial charge in [-0.2, -0.15) is 4.98 Å². The van der Waals surface area contributed by atoms with Crippen molar-refractivity contribution >= 4 is 5.91 Å². The summed E-state index contributed by atoms with van der Waals surface area (Å²) in [6.07, 6.45) is -0.652. The predicted octanol–water partition coefficient (Wildman–Crippen LogP) is 3.45. The molecule has 0 aliphatic heterocycles. The Morgan fingerprint density at radius 3 is 2.79 bits per heavy atom. The Morgan fingerprint density at radius 2 is 2.00 bits per heavy atom. The van der Waals surface area contributed by atoms with Gasteiger partial charge in [-0.1, -0.05) is 29.4 Å². The number of ether oxygens (including phenoxy) is 2. The summed E-state index contributed by atoms with van der Waals surface area (Å²) < 4.78 is 16.2. The van der Waals surface area contributed by atoms with E-state index in [9.17, 15) is 4.79 Å². The van der Waals surface area contributed by atoms with Crippen LogP contribution >= 0.6 is 0 Å². The molecule has 28 heavy (non-hydrogen) atoms. The fourth-order valence-electron chi connectivity index (χ4n) is 2.61. The zero-order valence-corrected chi connectivity index (χ0v) is 16.4. The minimum Gasteiger partial charge on any atom is -0.497 e. The molecule has 2 aromatic carbocycles. The highest BCUT2D eigenvalue weighted by molar-refractivity contribution is 5.80. The van der Waals surface area contributed by atoms with Crippen molar-refractivity contribution in [3.8, 4) is 22.9 Å². The second-order valence-corrected chi connectivity index (χ2v) is 6.42. The molecule has 0 spiro atoms. The fourth-order valence-corrected chi connectivity index (χ4v) is 2.61. The highest BCUT2D eigenvalue weighted by Gasteiger charge is 2.17. The highest BCUT2D eigenvalue weighted by Crippen LogP contribution is 2.22. The maximum absolute atomic E-state index is 12.3. The van der Waals surface area contributed by atoms with E-state index in [1.54, 1.807) is 14.0 Å². The molecule has 3 aromatic rings. The number of amides is 1. The van der Waals surface area contributed by atoms with Crippen LogP contribution in [-0.4, -0.2) is 29.3 Å². The molecule has 1 aromatic heterocycles. The van der Waals surface area contributed by atoms with Crippen molar-refractivity contribution in [1.29, 1.82) is 0 Å². The van der Waals surface area contributed by atoms with E-state index in [1.165, 1.54) is 0 Å². The van der Waals surface area contributed by atoms with E-state index in [-0.39, 0.29) is 12.5 Å². The second-order valence-electron chi connectivity index (χ2n) is 6.42. The van der Waals surface area contributed by atoms with Gasteiger partial charge >= 0.3 is 0 Å². The number of hydrogen-bond donors (Lipinski definition) is 1. The lowest BCUT2D eigenvalue weighted by molar-refractivity contribution is -0.127. The van der Waals surface area contributed by atoms with Crippen LogP contribution in [0.3, 0.4) is 0 Å². The van der Waals surface area contributed by atoms with Gasteiger partial charge in [0.15, 0.2) is 6.10 Å². The van der Waals surface area contributed by atoms with E-state index >= 15 is 0 Å². The average Bonchev–Trinajstić information content (AvgIpc) is 3.18. The van der Waals surface area contributed by atoms with Crippen LogP contribution < -0.4 is 14.8 Å². The van der Waals surface area contributed by atoms with Crippen molar-refractivity contribution in [2.45, 2.75) is 33.4 Å². The summed E-state index contributed by atoms with van der Waals surface area (Å²) in [6.45, 7) is 5.79. The summed E-state index contributed by atoms with van der Waals surface area (Å²) in [5, 5.41) is 6.70. The van der Waals surface area contributed by atoms with Crippen molar-refractivity contribution in [3.05, 3.63) is 59.5 Å². The van der Waals surface area contributed by atoms with Gasteiger partial charge in [0, 0.05) is 5.56 Å². The number of nitrogens with one attached hydrogen (secondary N) is 1. The molecule has 1 atom stereocenters. The molecule has 1 unspecified atom stereocenters. The Hall–Kier alpha value is -3.35. The van der Waals surface area contributed by atoms with Crippen LogP contribution in [0.2, 0.25) is 0 Å². The number of nitrogens with zero attached hydrogens (tertiary/aromatic N) is 2. The maximum Gasteiger partial charge on any atom is 0.261 e. The van der Waals surface area contributed by atoms with Crippen molar-refractivity contribution in [2.24, 2.45) is 0 Å². The lowest BCUT2D eigenvalue weighted by Gasteiger charge is -2.16. The lowest BCUT2D eigenvalue weighted by atomic mass is 10.1. The van der Waals surface area contributed by atoms with Gasteiger partial charge in [-0.3, -0.25) is 4.79 Å². The Labute approximate surface area is 163 Å². The van der Waals surface area contributed by atoms with E-state index in [4.69, 9.17) is 14.0 Å². The molecule has 0 saturated heterocycles. The van der Waals surface area contributed by atoms with Crippen molar-refractivity contribution < 1.29 is 18.8 Å². The molecule has 1 N–H and O–H groups in total. The Kier molecular flexibility index (Phi) is 5.93. The summed E-state index contributed by atoms with van der Waals surface area (Å²) in [6, 6.07) is 13.1. The Bertz CT molecular complexity index is 968. The smallest absolute Gasteiger partial charge is 0.261 e. The van der Waals surface area contributed by atoms with Gasteiger partial charge in [-0.25, -0.2) is 0 Å². The van der Waals surface area contributed by atoms with Gasteiger partial charge in [0.2, 0.25) is 11.7 Å². The minimum atomic E-state index is -0.652. The summed E-state index contributed by atoms with van der Waals surface area (Å²) in [4.78, 5) is 16.6. The highest BCUT2D eigenvalue weighted by atomic mass is 16.5. The first-order chi connectivity index (χ1) is 13.5. The van der Waals surface area contributed by atoms with Crippen molar-refractivity contribution in [2.75, 3.05) is 7.11 Å². The molecule has 0 aliphatic rings. The number of carbonyl (C=O) groups is 1. The lowest BCUT2D eigenvalue weighted by Crippen LogP contribution is -2.36. The van der Waals surface area contributed by atoms with E-state index in [1.807, 2.05) is 56.3 Å². The summed E-state index contributed by atoms with van der Waals surface area (Å²) in [7, 11) is 1.60. The van der Waals surface area contributed by atoms with Crippen molar-refractivity contribution in [3.63, 3.8) is 0 Å². The summed E-state index contributed by atoms with van der Waals surface area (Å²) in [5.74, 6) is 1.88. The zero-order valence-electron chi connectivity index (χ0n) is 16.4. The van der Waals surface area contributed by atoms with E-state index in [2.05, 4.69) is 15.5 Å². The quantitative estimate of drug-likeness (QED) is 0.675.